The molecular weight excluding hydrogens is 577 g/mol. The van der Waals surface area contributed by atoms with Crippen LogP contribution >= 0.6 is 22.9 Å². The molecule has 3 aromatic carbocycles. The van der Waals surface area contributed by atoms with Gasteiger partial charge in [0.25, 0.3) is 0 Å². The number of esters is 1. The highest BCUT2D eigenvalue weighted by atomic mass is 35.5. The number of ether oxygens (including phenoxy) is 1. The fourth-order valence-corrected chi connectivity index (χ4v) is 4.84. The lowest BCUT2D eigenvalue weighted by atomic mass is 10.2. The molecule has 0 aliphatic rings. The van der Waals surface area contributed by atoms with Gasteiger partial charge in [0.1, 0.15) is 6.61 Å². The van der Waals surface area contributed by atoms with Crippen LogP contribution in [-0.4, -0.2) is 48.6 Å². The van der Waals surface area contributed by atoms with Crippen molar-refractivity contribution in [3.8, 4) is 11.3 Å². The molecule has 214 valence electrons. The van der Waals surface area contributed by atoms with Gasteiger partial charge in [-0.25, -0.2) is 14.7 Å². The maximum atomic E-state index is 13.5. The molecule has 1 aromatic heterocycles. The maximum Gasteiger partial charge on any atom is 0.416 e. The first-order valence-electron chi connectivity index (χ1n) is 12.4. The maximum absolute atomic E-state index is 13.5. The number of benzene rings is 3. The monoisotopic (exact) mass is 602 g/mol. The lowest BCUT2D eigenvalue weighted by Gasteiger charge is -2.22. The number of anilines is 2. The molecule has 1 N–H and O–H groups in total. The summed E-state index contributed by atoms with van der Waals surface area (Å²) in [6, 6.07) is 20.0. The topological polar surface area (TPSA) is 74.8 Å². The number of alkyl halides is 3. The van der Waals surface area contributed by atoms with Crippen LogP contribution < -0.4 is 10.2 Å². The average Bonchev–Trinajstić information content (AvgIpc) is 3.42. The summed E-state index contributed by atoms with van der Waals surface area (Å²) in [6.45, 7) is 0.550. The third kappa shape index (κ3) is 8.53. The Kier molecular flexibility index (Phi) is 9.98. The standard InChI is InChI=1S/C29H26ClF3N4O3S/c1-36(17-26(38)40-18-20-7-3-2-4-8-20)14-13-34-27(39)37(24-12-6-10-22(16-24)29(31,32)33)28-35-25(19-41-28)21-9-5-11-23(30)15-21/h2-12,15-16,19H,13-14,17-18H2,1H3,(H,34,39). The number of likely N-dealkylation sites (N-methyl/N-ethyl adjacent to an activating group) is 1. The van der Waals surface area contributed by atoms with E-state index in [0.717, 1.165) is 33.9 Å². The third-order valence-corrected chi connectivity index (χ3v) is 6.91. The first-order chi connectivity index (χ1) is 19.6. The van der Waals surface area contributed by atoms with Gasteiger partial charge >= 0.3 is 18.2 Å². The molecule has 2 amide bonds. The molecule has 4 rings (SSSR count). The highest BCUT2D eigenvalue weighted by Gasteiger charge is 2.32. The van der Waals surface area contributed by atoms with Crippen molar-refractivity contribution in [1.29, 1.82) is 0 Å². The molecule has 12 heteroatoms. The van der Waals surface area contributed by atoms with E-state index in [2.05, 4.69) is 10.3 Å². The van der Waals surface area contributed by atoms with Crippen molar-refractivity contribution < 1.29 is 27.5 Å². The van der Waals surface area contributed by atoms with Gasteiger partial charge in [0.15, 0.2) is 5.13 Å². The van der Waals surface area contributed by atoms with Crippen LogP contribution in [0.4, 0.5) is 28.8 Å². The van der Waals surface area contributed by atoms with Crippen LogP contribution in [0.15, 0.2) is 84.2 Å². The number of rotatable bonds is 10. The summed E-state index contributed by atoms with van der Waals surface area (Å²) in [4.78, 5) is 32.8. The number of halogens is 4. The predicted molar refractivity (Wildman–Crippen MR) is 153 cm³/mol. The fourth-order valence-electron chi connectivity index (χ4n) is 3.80. The summed E-state index contributed by atoms with van der Waals surface area (Å²) in [7, 11) is 1.69. The van der Waals surface area contributed by atoms with Crippen LogP contribution in [0, 0.1) is 0 Å². The summed E-state index contributed by atoms with van der Waals surface area (Å²) in [5.74, 6) is -0.426. The summed E-state index contributed by atoms with van der Waals surface area (Å²) in [6.07, 6.45) is -4.59. The molecule has 0 spiro atoms. The quantitative estimate of drug-likeness (QED) is 0.198. The summed E-state index contributed by atoms with van der Waals surface area (Å²) < 4.78 is 45.7. The Balaban J connectivity index is 1.44. The first-order valence-corrected chi connectivity index (χ1v) is 13.7. The lowest BCUT2D eigenvalue weighted by molar-refractivity contribution is -0.146. The van der Waals surface area contributed by atoms with Gasteiger partial charge in [-0.1, -0.05) is 60.1 Å². The number of hydrogen-bond donors (Lipinski definition) is 1. The van der Waals surface area contributed by atoms with Gasteiger partial charge in [0.05, 0.1) is 23.5 Å². The van der Waals surface area contributed by atoms with E-state index < -0.39 is 23.7 Å². The van der Waals surface area contributed by atoms with Crippen molar-refractivity contribution in [1.82, 2.24) is 15.2 Å². The van der Waals surface area contributed by atoms with Gasteiger partial charge < -0.3 is 10.1 Å². The van der Waals surface area contributed by atoms with E-state index in [-0.39, 0.29) is 37.1 Å². The normalized spacial score (nSPS) is 11.4. The molecule has 0 fully saturated rings. The van der Waals surface area contributed by atoms with E-state index in [1.165, 1.54) is 12.1 Å². The van der Waals surface area contributed by atoms with Gasteiger partial charge in [-0.2, -0.15) is 13.2 Å². The van der Waals surface area contributed by atoms with E-state index in [0.29, 0.717) is 16.3 Å². The number of nitrogens with one attached hydrogen (secondary N) is 1. The summed E-state index contributed by atoms with van der Waals surface area (Å²) >= 11 is 7.20. The minimum Gasteiger partial charge on any atom is -0.460 e. The van der Waals surface area contributed by atoms with Gasteiger partial charge in [-0.3, -0.25) is 9.69 Å². The molecule has 0 atom stereocenters. The van der Waals surface area contributed by atoms with Crippen LogP contribution in [0.2, 0.25) is 5.02 Å². The summed E-state index contributed by atoms with van der Waals surface area (Å²) in [5.41, 5.74) is 1.19. The van der Waals surface area contributed by atoms with Gasteiger partial charge in [-0.05, 0) is 42.9 Å². The molecule has 1 heterocycles. The molecule has 0 saturated heterocycles. The number of nitrogens with zero attached hydrogens (tertiary/aromatic N) is 3. The molecule has 41 heavy (non-hydrogen) atoms. The van der Waals surface area contributed by atoms with Gasteiger partial charge in [0.2, 0.25) is 0 Å². The fraction of sp³-hybridized carbons (Fsp3) is 0.207. The Morgan fingerprint density at radius 1 is 1.02 bits per heavy atom. The number of carbonyl (C=O) groups is 2. The van der Waals surface area contributed by atoms with E-state index in [1.807, 2.05) is 30.3 Å². The van der Waals surface area contributed by atoms with Crippen LogP contribution in [0.3, 0.4) is 0 Å². The number of carbonyl (C=O) groups excluding carboxylic acids is 2. The average molecular weight is 603 g/mol. The molecule has 0 aliphatic heterocycles. The first kappa shape index (κ1) is 30.0. The second-order valence-corrected chi connectivity index (χ2v) is 10.3. The van der Waals surface area contributed by atoms with E-state index in [4.69, 9.17) is 16.3 Å². The second-order valence-electron chi connectivity index (χ2n) is 9.03. The number of aromatic nitrogens is 1. The van der Waals surface area contributed by atoms with Crippen molar-refractivity contribution in [3.05, 3.63) is 100 Å². The van der Waals surface area contributed by atoms with Crippen molar-refractivity contribution in [2.45, 2.75) is 12.8 Å². The van der Waals surface area contributed by atoms with Crippen LogP contribution in [0.1, 0.15) is 11.1 Å². The molecule has 0 radical (unpaired) electrons. The number of amides is 2. The van der Waals surface area contributed by atoms with Crippen molar-refractivity contribution in [2.24, 2.45) is 0 Å². The van der Waals surface area contributed by atoms with Crippen LogP contribution in [0.5, 0.6) is 0 Å². The highest BCUT2D eigenvalue weighted by molar-refractivity contribution is 7.14. The summed E-state index contributed by atoms with van der Waals surface area (Å²) in [5, 5.41) is 5.09. The Morgan fingerprint density at radius 2 is 1.78 bits per heavy atom. The Bertz CT molecular complexity index is 1480. The zero-order valence-corrected chi connectivity index (χ0v) is 23.5. The third-order valence-electron chi connectivity index (χ3n) is 5.85. The number of thiazole rings is 1. The Hall–Kier alpha value is -3.93. The zero-order valence-electron chi connectivity index (χ0n) is 21.9. The van der Waals surface area contributed by atoms with E-state index in [1.54, 1.807) is 41.6 Å². The zero-order chi connectivity index (χ0) is 29.4. The minimum atomic E-state index is -4.59. The van der Waals surface area contributed by atoms with E-state index >= 15 is 0 Å². The minimum absolute atomic E-state index is 0.00200. The molecule has 4 aromatic rings. The van der Waals surface area contributed by atoms with Crippen molar-refractivity contribution in [3.63, 3.8) is 0 Å². The SMILES string of the molecule is CN(CCNC(=O)N(c1cccc(C(F)(F)F)c1)c1nc(-c2cccc(Cl)c2)cs1)CC(=O)OCc1ccccc1. The number of hydrogen-bond acceptors (Lipinski definition) is 6. The van der Waals surface area contributed by atoms with E-state index in [9.17, 15) is 22.8 Å². The molecule has 0 bridgehead atoms. The lowest BCUT2D eigenvalue weighted by Crippen LogP contribution is -2.41. The molecule has 0 saturated carbocycles. The second kappa shape index (κ2) is 13.6. The van der Waals surface area contributed by atoms with Crippen LogP contribution in [-0.2, 0) is 22.3 Å². The molecule has 7 nitrogen and oxygen atoms in total. The predicted octanol–water partition coefficient (Wildman–Crippen LogP) is 7.01. The Labute approximate surface area is 244 Å². The highest BCUT2D eigenvalue weighted by Crippen LogP contribution is 2.36. The smallest absolute Gasteiger partial charge is 0.416 e. The largest absolute Gasteiger partial charge is 0.460 e. The van der Waals surface area contributed by atoms with Gasteiger partial charge in [-0.15, -0.1) is 11.3 Å². The molecular formula is C29H26ClF3N4O3S. The van der Waals surface area contributed by atoms with Gasteiger partial charge in [0, 0.05) is 29.1 Å². The molecule has 0 unspecified atom stereocenters. The number of urea groups is 1. The van der Waals surface area contributed by atoms with Crippen molar-refractivity contribution in [2.75, 3.05) is 31.6 Å². The molecule has 0 aliphatic carbocycles. The van der Waals surface area contributed by atoms with Crippen LogP contribution in [0.25, 0.3) is 11.3 Å². The van der Waals surface area contributed by atoms with Crippen molar-refractivity contribution >= 4 is 45.8 Å². The Morgan fingerprint density at radius 3 is 2.51 bits per heavy atom.